The SMILES string of the molecule is COc1ccc(OC)c(N(CC(=O)N(Cc2ccccc2C)C(Cc2ccccc2)C(=O)NC2CCCC2)S(=O)(=O)c2ccc(OC)c(OC)c2)c1. The number of aryl methyl sites for hydroxylation is 1. The molecular weight excluding hydrogens is 683 g/mol. The van der Waals surface area contributed by atoms with E-state index in [1.807, 2.05) is 61.5 Å². The molecule has 0 bridgehead atoms. The predicted octanol–water partition coefficient (Wildman–Crippen LogP) is 5.92. The zero-order valence-corrected chi connectivity index (χ0v) is 31.1. The Labute approximate surface area is 306 Å². The molecule has 12 heteroatoms. The van der Waals surface area contributed by atoms with E-state index in [0.29, 0.717) is 11.5 Å². The van der Waals surface area contributed by atoms with E-state index in [4.69, 9.17) is 18.9 Å². The van der Waals surface area contributed by atoms with Crippen molar-refractivity contribution in [2.24, 2.45) is 0 Å². The molecule has 1 atom stereocenters. The third kappa shape index (κ3) is 8.79. The molecule has 52 heavy (non-hydrogen) atoms. The van der Waals surface area contributed by atoms with Gasteiger partial charge in [-0.25, -0.2) is 8.42 Å². The summed E-state index contributed by atoms with van der Waals surface area (Å²) in [5.41, 5.74) is 2.70. The van der Waals surface area contributed by atoms with E-state index in [1.54, 1.807) is 12.1 Å². The van der Waals surface area contributed by atoms with E-state index >= 15 is 0 Å². The molecule has 0 spiro atoms. The molecule has 4 aromatic carbocycles. The number of hydrogen-bond donors (Lipinski definition) is 1. The maximum absolute atomic E-state index is 15.0. The van der Waals surface area contributed by atoms with Gasteiger partial charge in [-0.1, -0.05) is 67.4 Å². The molecule has 0 aliphatic heterocycles. The maximum atomic E-state index is 15.0. The fourth-order valence-electron chi connectivity index (χ4n) is 6.50. The van der Waals surface area contributed by atoms with Crippen LogP contribution in [0.15, 0.2) is 95.9 Å². The average Bonchev–Trinajstić information content (AvgIpc) is 3.68. The van der Waals surface area contributed by atoms with Crippen molar-refractivity contribution in [3.63, 3.8) is 0 Å². The van der Waals surface area contributed by atoms with Gasteiger partial charge in [-0.2, -0.15) is 0 Å². The van der Waals surface area contributed by atoms with Gasteiger partial charge in [-0.3, -0.25) is 13.9 Å². The summed E-state index contributed by atoms with van der Waals surface area (Å²) in [6.45, 7) is 1.35. The Bertz CT molecular complexity index is 1950. The molecule has 0 saturated heterocycles. The van der Waals surface area contributed by atoms with Crippen molar-refractivity contribution in [2.75, 3.05) is 39.3 Å². The summed E-state index contributed by atoms with van der Waals surface area (Å²) in [6, 6.07) is 25.1. The van der Waals surface area contributed by atoms with Crippen LogP contribution in [0.1, 0.15) is 42.4 Å². The Morgan fingerprint density at radius 1 is 0.788 bits per heavy atom. The van der Waals surface area contributed by atoms with Gasteiger partial charge < -0.3 is 29.2 Å². The molecule has 0 aromatic heterocycles. The second kappa shape index (κ2) is 17.3. The largest absolute Gasteiger partial charge is 0.497 e. The average molecular weight is 730 g/mol. The highest BCUT2D eigenvalue weighted by molar-refractivity contribution is 7.92. The van der Waals surface area contributed by atoms with Crippen molar-refractivity contribution in [1.82, 2.24) is 10.2 Å². The Morgan fingerprint density at radius 3 is 2.10 bits per heavy atom. The lowest BCUT2D eigenvalue weighted by Crippen LogP contribution is -2.54. The van der Waals surface area contributed by atoms with Crippen LogP contribution in [0.3, 0.4) is 0 Å². The van der Waals surface area contributed by atoms with Crippen molar-refractivity contribution < 1.29 is 37.0 Å². The molecule has 5 rings (SSSR count). The number of methoxy groups -OCH3 is 4. The summed E-state index contributed by atoms with van der Waals surface area (Å²) in [7, 11) is 1.26. The number of carbonyl (C=O) groups excluding carboxylic acids is 2. The van der Waals surface area contributed by atoms with Crippen LogP contribution in [0.2, 0.25) is 0 Å². The molecule has 11 nitrogen and oxygen atoms in total. The van der Waals surface area contributed by atoms with Gasteiger partial charge in [0.25, 0.3) is 10.0 Å². The van der Waals surface area contributed by atoms with Crippen molar-refractivity contribution >= 4 is 27.5 Å². The Morgan fingerprint density at radius 2 is 1.44 bits per heavy atom. The third-order valence-electron chi connectivity index (χ3n) is 9.45. The monoisotopic (exact) mass is 729 g/mol. The highest BCUT2D eigenvalue weighted by atomic mass is 32.2. The number of hydrogen-bond acceptors (Lipinski definition) is 8. The van der Waals surface area contributed by atoms with Crippen molar-refractivity contribution in [3.8, 4) is 23.0 Å². The highest BCUT2D eigenvalue weighted by Gasteiger charge is 2.37. The minimum Gasteiger partial charge on any atom is -0.497 e. The number of amides is 2. The van der Waals surface area contributed by atoms with Gasteiger partial charge in [0.15, 0.2) is 11.5 Å². The first-order valence-electron chi connectivity index (χ1n) is 17.2. The number of anilines is 1. The molecule has 4 aromatic rings. The number of ether oxygens (including phenoxy) is 4. The van der Waals surface area contributed by atoms with Crippen LogP contribution in [0.5, 0.6) is 23.0 Å². The number of benzene rings is 4. The first-order valence-corrected chi connectivity index (χ1v) is 18.7. The summed E-state index contributed by atoms with van der Waals surface area (Å²) in [6.07, 6.45) is 3.99. The molecule has 0 heterocycles. The van der Waals surface area contributed by atoms with E-state index < -0.39 is 28.5 Å². The topological polar surface area (TPSA) is 124 Å². The molecule has 1 aliphatic rings. The van der Waals surface area contributed by atoms with Gasteiger partial charge in [0.1, 0.15) is 24.1 Å². The maximum Gasteiger partial charge on any atom is 0.265 e. The van der Waals surface area contributed by atoms with Crippen LogP contribution in [0.4, 0.5) is 5.69 Å². The number of carbonyl (C=O) groups is 2. The van der Waals surface area contributed by atoms with Crippen LogP contribution < -0.4 is 28.6 Å². The lowest BCUT2D eigenvalue weighted by molar-refractivity contribution is -0.140. The quantitative estimate of drug-likeness (QED) is 0.151. The Balaban J connectivity index is 1.65. The van der Waals surface area contributed by atoms with Crippen molar-refractivity contribution in [3.05, 3.63) is 108 Å². The van der Waals surface area contributed by atoms with Gasteiger partial charge in [-0.05, 0) is 60.7 Å². The number of nitrogens with zero attached hydrogens (tertiary/aromatic N) is 2. The lowest BCUT2D eigenvalue weighted by atomic mass is 10.0. The van der Waals surface area contributed by atoms with E-state index in [2.05, 4.69) is 5.32 Å². The van der Waals surface area contributed by atoms with Crippen molar-refractivity contribution in [2.45, 2.75) is 62.6 Å². The third-order valence-corrected chi connectivity index (χ3v) is 11.2. The fraction of sp³-hybridized carbons (Fsp3) is 0.350. The van der Waals surface area contributed by atoms with Crippen LogP contribution in [0, 0.1) is 6.92 Å². The van der Waals surface area contributed by atoms with E-state index in [1.165, 1.54) is 57.6 Å². The summed E-state index contributed by atoms with van der Waals surface area (Å²) >= 11 is 0. The lowest BCUT2D eigenvalue weighted by Gasteiger charge is -2.35. The number of nitrogens with one attached hydrogen (secondary N) is 1. The zero-order valence-electron chi connectivity index (χ0n) is 30.3. The Hall–Kier alpha value is -5.23. The van der Waals surface area contributed by atoms with Gasteiger partial charge in [0, 0.05) is 31.1 Å². The summed E-state index contributed by atoms with van der Waals surface area (Å²) in [5, 5.41) is 3.21. The Kier molecular flexibility index (Phi) is 12.7. The smallest absolute Gasteiger partial charge is 0.265 e. The van der Waals surface area contributed by atoms with Crippen LogP contribution in [0.25, 0.3) is 0 Å². The molecule has 1 saturated carbocycles. The first-order chi connectivity index (χ1) is 25.1. The number of sulfonamides is 1. The second-order valence-corrected chi connectivity index (χ2v) is 14.6. The molecular formula is C40H47N3O8S. The molecule has 0 radical (unpaired) electrons. The molecule has 1 aliphatic carbocycles. The summed E-state index contributed by atoms with van der Waals surface area (Å²) < 4.78 is 52.4. The van der Waals surface area contributed by atoms with E-state index in [-0.39, 0.29) is 47.0 Å². The number of rotatable bonds is 16. The second-order valence-electron chi connectivity index (χ2n) is 12.7. The van der Waals surface area contributed by atoms with Gasteiger partial charge in [0.2, 0.25) is 11.8 Å². The molecule has 1 N–H and O–H groups in total. The minimum absolute atomic E-state index is 0.00385. The molecule has 1 unspecified atom stereocenters. The standard InChI is InChI=1S/C40H47N3O8S/c1-28-13-9-10-16-30(28)26-42(35(23-29-14-7-6-8-15-29)40(45)41-31-17-11-12-18-31)39(44)27-43(34-24-32(48-2)19-21-36(34)49-3)52(46,47)33-20-22-37(50-4)38(25-33)51-5/h6-10,13-16,19-22,24-25,31,35H,11-12,17-18,23,26-27H2,1-5H3,(H,41,45). The fourth-order valence-corrected chi connectivity index (χ4v) is 7.93. The van der Waals surface area contributed by atoms with Gasteiger partial charge >= 0.3 is 0 Å². The van der Waals surface area contributed by atoms with Crippen molar-refractivity contribution in [1.29, 1.82) is 0 Å². The molecule has 276 valence electrons. The van der Waals surface area contributed by atoms with Crippen LogP contribution in [-0.2, 0) is 32.6 Å². The van der Waals surface area contributed by atoms with E-state index in [0.717, 1.165) is 46.7 Å². The molecule has 1 fully saturated rings. The summed E-state index contributed by atoms with van der Waals surface area (Å²) in [4.78, 5) is 30.7. The van der Waals surface area contributed by atoms with Gasteiger partial charge in [0.05, 0.1) is 39.0 Å². The van der Waals surface area contributed by atoms with Crippen LogP contribution in [-0.4, -0.2) is 72.2 Å². The first kappa shape index (κ1) is 38.0. The van der Waals surface area contributed by atoms with Crippen LogP contribution >= 0.6 is 0 Å². The summed E-state index contributed by atoms with van der Waals surface area (Å²) in [5.74, 6) is 0.212. The minimum atomic E-state index is -4.49. The predicted molar refractivity (Wildman–Crippen MR) is 200 cm³/mol. The van der Waals surface area contributed by atoms with Gasteiger partial charge in [-0.15, -0.1) is 0 Å². The van der Waals surface area contributed by atoms with E-state index in [9.17, 15) is 18.0 Å². The highest BCUT2D eigenvalue weighted by Crippen LogP contribution is 2.38. The zero-order chi connectivity index (χ0) is 37.3. The molecule has 2 amide bonds. The normalized spacial score (nSPS) is 13.6.